The number of hydrogen-bond acceptors (Lipinski definition) is 3. The lowest BCUT2D eigenvalue weighted by Gasteiger charge is -2.22. The van der Waals surface area contributed by atoms with E-state index in [2.05, 4.69) is 0 Å². The summed E-state index contributed by atoms with van der Waals surface area (Å²) in [4.78, 5) is 0. The largest absolute Gasteiger partial charge is 0.402 e. The first-order chi connectivity index (χ1) is 6.73. The van der Waals surface area contributed by atoms with Crippen molar-refractivity contribution in [3.05, 3.63) is 0 Å². The Balaban J connectivity index is 4.66. The first kappa shape index (κ1) is 14.6. The summed E-state index contributed by atoms with van der Waals surface area (Å²) in [5.41, 5.74) is 0. The summed E-state index contributed by atoms with van der Waals surface area (Å²) < 4.78 is 60.4. The molecular weight excluding hydrogens is 237 g/mol. The van der Waals surface area contributed by atoms with Crippen molar-refractivity contribution in [2.24, 2.45) is 0 Å². The van der Waals surface area contributed by atoms with E-state index in [1.54, 1.807) is 0 Å². The Kier molecular flexibility index (Phi) is 5.49. The Morgan fingerprint density at radius 3 is 2.27 bits per heavy atom. The summed E-state index contributed by atoms with van der Waals surface area (Å²) in [6.07, 6.45) is -4.63. The first-order valence-corrected chi connectivity index (χ1v) is 5.59. The second-order valence-corrected chi connectivity index (χ2v) is 4.43. The summed E-state index contributed by atoms with van der Waals surface area (Å²) in [5, 5.41) is 8.46. The van der Waals surface area contributed by atoms with Gasteiger partial charge in [-0.15, -0.1) is 0 Å². The SMILES string of the molecule is CCNS(=O)(=O)N(CCO)CC(F)(F)F. The lowest BCUT2D eigenvalue weighted by Crippen LogP contribution is -2.46. The second kappa shape index (κ2) is 5.64. The van der Waals surface area contributed by atoms with Crippen molar-refractivity contribution in [1.29, 1.82) is 0 Å². The molecule has 2 N–H and O–H groups in total. The summed E-state index contributed by atoms with van der Waals surface area (Å²) in [5.74, 6) is 0. The molecule has 0 fully saturated rings. The van der Waals surface area contributed by atoms with Crippen LogP contribution in [0.25, 0.3) is 0 Å². The molecule has 9 heteroatoms. The van der Waals surface area contributed by atoms with E-state index in [4.69, 9.17) is 5.11 Å². The zero-order valence-electron chi connectivity index (χ0n) is 8.08. The van der Waals surface area contributed by atoms with Gasteiger partial charge in [0.1, 0.15) is 6.54 Å². The van der Waals surface area contributed by atoms with E-state index in [9.17, 15) is 21.6 Å². The maximum atomic E-state index is 12.0. The average Bonchev–Trinajstić information content (AvgIpc) is 2.01. The Morgan fingerprint density at radius 2 is 1.93 bits per heavy atom. The normalized spacial score (nSPS) is 13.5. The molecule has 5 nitrogen and oxygen atoms in total. The molecule has 0 aliphatic rings. The smallest absolute Gasteiger partial charge is 0.395 e. The Bertz CT molecular complexity index is 278. The number of nitrogens with one attached hydrogen (secondary N) is 1. The Hall–Kier alpha value is -0.380. The average molecular weight is 250 g/mol. The number of rotatable bonds is 6. The number of hydrogen-bond donors (Lipinski definition) is 2. The fraction of sp³-hybridized carbons (Fsp3) is 1.00. The molecule has 0 amide bonds. The zero-order valence-corrected chi connectivity index (χ0v) is 8.90. The van der Waals surface area contributed by atoms with Crippen molar-refractivity contribution in [3.63, 3.8) is 0 Å². The highest BCUT2D eigenvalue weighted by Crippen LogP contribution is 2.17. The van der Waals surface area contributed by atoms with E-state index in [0.29, 0.717) is 0 Å². The third-order valence-corrected chi connectivity index (χ3v) is 3.02. The monoisotopic (exact) mass is 250 g/mol. The third-order valence-electron chi connectivity index (χ3n) is 1.37. The van der Waals surface area contributed by atoms with Gasteiger partial charge in [-0.25, -0.2) is 4.72 Å². The van der Waals surface area contributed by atoms with Gasteiger partial charge in [0.25, 0.3) is 10.2 Å². The lowest BCUT2D eigenvalue weighted by atomic mass is 10.6. The Morgan fingerprint density at radius 1 is 1.40 bits per heavy atom. The molecule has 0 aromatic heterocycles. The molecule has 0 aromatic rings. The van der Waals surface area contributed by atoms with Crippen molar-refractivity contribution < 1.29 is 26.7 Å². The van der Waals surface area contributed by atoms with Crippen LogP contribution in [0.1, 0.15) is 6.92 Å². The van der Waals surface area contributed by atoms with Crippen LogP contribution in [-0.4, -0.2) is 50.2 Å². The summed E-state index contributed by atoms with van der Waals surface area (Å²) >= 11 is 0. The molecule has 0 heterocycles. The number of nitrogens with zero attached hydrogens (tertiary/aromatic N) is 1. The topological polar surface area (TPSA) is 69.6 Å². The molecule has 0 aliphatic heterocycles. The molecule has 0 aromatic carbocycles. The van der Waals surface area contributed by atoms with Crippen molar-refractivity contribution in [2.45, 2.75) is 13.1 Å². The number of aliphatic hydroxyl groups is 1. The number of halogens is 3. The van der Waals surface area contributed by atoms with Crippen molar-refractivity contribution in [1.82, 2.24) is 9.03 Å². The highest BCUT2D eigenvalue weighted by Gasteiger charge is 2.35. The molecule has 0 spiro atoms. The summed E-state index contributed by atoms with van der Waals surface area (Å²) in [6.45, 7) is -1.43. The summed E-state index contributed by atoms with van der Waals surface area (Å²) in [7, 11) is -4.16. The van der Waals surface area contributed by atoms with E-state index < -0.39 is 36.1 Å². The molecule has 0 radical (unpaired) electrons. The fourth-order valence-corrected chi connectivity index (χ4v) is 2.06. The van der Waals surface area contributed by atoms with Crippen LogP contribution in [-0.2, 0) is 10.2 Å². The van der Waals surface area contributed by atoms with Crippen molar-refractivity contribution >= 4 is 10.2 Å². The van der Waals surface area contributed by atoms with Gasteiger partial charge in [0.05, 0.1) is 6.61 Å². The van der Waals surface area contributed by atoms with Crippen LogP contribution in [0.15, 0.2) is 0 Å². The minimum Gasteiger partial charge on any atom is -0.395 e. The fourth-order valence-electron chi connectivity index (χ4n) is 0.869. The zero-order chi connectivity index (χ0) is 12.1. The molecule has 92 valence electrons. The predicted molar refractivity (Wildman–Crippen MR) is 47.3 cm³/mol. The lowest BCUT2D eigenvalue weighted by molar-refractivity contribution is -0.136. The summed E-state index contributed by atoms with van der Waals surface area (Å²) in [6, 6.07) is 0. The molecule has 0 atom stereocenters. The minimum atomic E-state index is -4.63. The molecule has 0 saturated carbocycles. The standard InChI is InChI=1S/C6H13F3N2O3S/c1-2-10-15(13,14)11(3-4-12)5-6(7,8)9/h10,12H,2-5H2,1H3. The minimum absolute atomic E-state index is 0.0118. The number of alkyl halides is 3. The van der Waals surface area contributed by atoms with Gasteiger partial charge < -0.3 is 5.11 Å². The van der Waals surface area contributed by atoms with Crippen LogP contribution in [0.5, 0.6) is 0 Å². The van der Waals surface area contributed by atoms with Gasteiger partial charge >= 0.3 is 6.18 Å². The van der Waals surface area contributed by atoms with Gasteiger partial charge in [-0.1, -0.05) is 6.92 Å². The highest BCUT2D eigenvalue weighted by molar-refractivity contribution is 7.87. The van der Waals surface area contributed by atoms with Gasteiger partial charge in [0.2, 0.25) is 0 Å². The molecule has 15 heavy (non-hydrogen) atoms. The number of aliphatic hydroxyl groups excluding tert-OH is 1. The molecule has 0 unspecified atom stereocenters. The van der Waals surface area contributed by atoms with E-state index in [1.807, 2.05) is 4.72 Å². The predicted octanol–water partition coefficient (Wildman–Crippen LogP) is -0.303. The van der Waals surface area contributed by atoms with Crippen LogP contribution in [0.2, 0.25) is 0 Å². The van der Waals surface area contributed by atoms with Crippen LogP contribution >= 0.6 is 0 Å². The maximum Gasteiger partial charge on any atom is 0.402 e. The van der Waals surface area contributed by atoms with Gasteiger partial charge in [-0.2, -0.15) is 25.9 Å². The van der Waals surface area contributed by atoms with Gasteiger partial charge in [-0.05, 0) is 0 Å². The van der Waals surface area contributed by atoms with E-state index >= 15 is 0 Å². The van der Waals surface area contributed by atoms with Crippen LogP contribution in [0.4, 0.5) is 13.2 Å². The van der Waals surface area contributed by atoms with Crippen molar-refractivity contribution in [3.8, 4) is 0 Å². The van der Waals surface area contributed by atoms with E-state index in [0.717, 1.165) is 0 Å². The maximum absolute atomic E-state index is 12.0. The van der Waals surface area contributed by atoms with Crippen LogP contribution in [0, 0.1) is 0 Å². The molecule has 0 aliphatic carbocycles. The van der Waals surface area contributed by atoms with E-state index in [1.165, 1.54) is 6.92 Å². The second-order valence-electron chi connectivity index (χ2n) is 2.68. The Labute approximate surface area is 86.1 Å². The van der Waals surface area contributed by atoms with Crippen molar-refractivity contribution in [2.75, 3.05) is 26.2 Å². The molecule has 0 bridgehead atoms. The molecule has 0 rings (SSSR count). The van der Waals surface area contributed by atoms with Gasteiger partial charge in [0.15, 0.2) is 0 Å². The van der Waals surface area contributed by atoms with Gasteiger partial charge in [-0.3, -0.25) is 0 Å². The van der Waals surface area contributed by atoms with Gasteiger partial charge in [0, 0.05) is 13.1 Å². The third kappa shape index (κ3) is 5.92. The molecular formula is C6H13F3N2O3S. The highest BCUT2D eigenvalue weighted by atomic mass is 32.2. The van der Waals surface area contributed by atoms with Crippen LogP contribution in [0.3, 0.4) is 0 Å². The van der Waals surface area contributed by atoms with E-state index in [-0.39, 0.29) is 10.8 Å². The quantitative estimate of drug-likeness (QED) is 0.680. The molecule has 0 saturated heterocycles. The van der Waals surface area contributed by atoms with Crippen LogP contribution < -0.4 is 4.72 Å². The first-order valence-electron chi connectivity index (χ1n) is 4.15.